The van der Waals surface area contributed by atoms with Gasteiger partial charge in [0.1, 0.15) is 0 Å². The van der Waals surface area contributed by atoms with Crippen LogP contribution in [0.2, 0.25) is 0 Å². The van der Waals surface area contributed by atoms with Crippen LogP contribution in [0, 0.1) is 0 Å². The minimum Gasteiger partial charge on any atom is -0.383 e. The Morgan fingerprint density at radius 1 is 1.33 bits per heavy atom. The zero-order valence-electron chi connectivity index (χ0n) is 13.4. The van der Waals surface area contributed by atoms with E-state index in [1.165, 1.54) is 30.0 Å². The summed E-state index contributed by atoms with van der Waals surface area (Å²) in [6, 6.07) is 6.86. The second-order valence-corrected chi connectivity index (χ2v) is 6.97. The molecule has 0 bridgehead atoms. The van der Waals surface area contributed by atoms with Gasteiger partial charge < -0.3 is 15.4 Å². The molecule has 24 heavy (non-hydrogen) atoms. The molecule has 1 amide bonds. The van der Waals surface area contributed by atoms with E-state index in [1.807, 2.05) is 0 Å². The largest absolute Gasteiger partial charge is 0.383 e. The normalized spacial score (nSPS) is 10.4. The molecule has 0 atom stereocenters. The lowest BCUT2D eigenvalue weighted by Crippen LogP contribution is -2.14. The Balaban J connectivity index is 1.81. The van der Waals surface area contributed by atoms with E-state index in [9.17, 15) is 9.59 Å². The zero-order valence-corrected chi connectivity index (χ0v) is 15.0. The fourth-order valence-electron chi connectivity index (χ4n) is 1.74. The van der Waals surface area contributed by atoms with Crippen LogP contribution >= 0.6 is 23.1 Å². The molecule has 0 unspecified atom stereocenters. The molecule has 9 heteroatoms. The number of rotatable bonds is 9. The van der Waals surface area contributed by atoms with Gasteiger partial charge in [-0.05, 0) is 19.1 Å². The van der Waals surface area contributed by atoms with Crippen molar-refractivity contribution >= 4 is 45.6 Å². The number of nitrogens with one attached hydrogen (secondary N) is 2. The van der Waals surface area contributed by atoms with Crippen LogP contribution in [0.25, 0.3) is 0 Å². The summed E-state index contributed by atoms with van der Waals surface area (Å²) in [6.45, 7) is 2.73. The van der Waals surface area contributed by atoms with E-state index in [1.54, 1.807) is 31.4 Å². The fraction of sp³-hybridized carbons (Fsp3) is 0.333. The summed E-state index contributed by atoms with van der Waals surface area (Å²) in [4.78, 5) is 23.3. The van der Waals surface area contributed by atoms with Crippen molar-refractivity contribution in [3.8, 4) is 0 Å². The molecule has 0 fully saturated rings. The first-order valence-corrected chi connectivity index (χ1v) is 8.98. The molecule has 0 radical (unpaired) electrons. The van der Waals surface area contributed by atoms with E-state index in [0.717, 1.165) is 0 Å². The summed E-state index contributed by atoms with van der Waals surface area (Å²) in [7, 11) is 1.63. The van der Waals surface area contributed by atoms with Crippen LogP contribution in [-0.2, 0) is 9.53 Å². The Labute approximate surface area is 148 Å². The Morgan fingerprint density at radius 3 is 2.92 bits per heavy atom. The van der Waals surface area contributed by atoms with Gasteiger partial charge in [-0.2, -0.15) is 0 Å². The lowest BCUT2D eigenvalue weighted by molar-refractivity contribution is -0.113. The molecule has 1 aromatic heterocycles. The Morgan fingerprint density at radius 2 is 2.17 bits per heavy atom. The van der Waals surface area contributed by atoms with E-state index in [-0.39, 0.29) is 17.4 Å². The second-order valence-electron chi connectivity index (χ2n) is 4.77. The molecular formula is C15H18N4O3S2. The van der Waals surface area contributed by atoms with Crippen molar-refractivity contribution in [1.29, 1.82) is 0 Å². The van der Waals surface area contributed by atoms with Crippen LogP contribution in [0.4, 0.5) is 10.8 Å². The van der Waals surface area contributed by atoms with Crippen LogP contribution in [0.1, 0.15) is 17.3 Å². The quantitative estimate of drug-likeness (QED) is 0.400. The number of carbonyl (C=O) groups is 2. The average molecular weight is 366 g/mol. The molecule has 7 nitrogen and oxygen atoms in total. The van der Waals surface area contributed by atoms with E-state index in [4.69, 9.17) is 4.74 Å². The number of thioether (sulfide) groups is 1. The number of nitrogens with zero attached hydrogens (tertiary/aromatic N) is 2. The molecule has 0 aliphatic heterocycles. The van der Waals surface area contributed by atoms with Gasteiger partial charge in [0.05, 0.1) is 12.4 Å². The van der Waals surface area contributed by atoms with Gasteiger partial charge >= 0.3 is 0 Å². The maximum atomic E-state index is 12.0. The van der Waals surface area contributed by atoms with Gasteiger partial charge in [0.15, 0.2) is 10.1 Å². The minimum absolute atomic E-state index is 0.0390. The molecule has 2 N–H and O–H groups in total. The Kier molecular flexibility index (Phi) is 7.16. The van der Waals surface area contributed by atoms with Crippen molar-refractivity contribution in [3.63, 3.8) is 0 Å². The SMILES string of the molecule is COCCNc1nnc(SCC(=O)Nc2cccc(C(C)=O)c2)s1. The molecule has 1 heterocycles. The van der Waals surface area contributed by atoms with E-state index >= 15 is 0 Å². The summed E-state index contributed by atoms with van der Waals surface area (Å²) in [5, 5.41) is 14.6. The smallest absolute Gasteiger partial charge is 0.234 e. The summed E-state index contributed by atoms with van der Waals surface area (Å²) in [5.41, 5.74) is 1.17. The maximum absolute atomic E-state index is 12.0. The highest BCUT2D eigenvalue weighted by Crippen LogP contribution is 2.25. The Hall–Kier alpha value is -1.97. The highest BCUT2D eigenvalue weighted by Gasteiger charge is 2.09. The van der Waals surface area contributed by atoms with Crippen molar-refractivity contribution < 1.29 is 14.3 Å². The van der Waals surface area contributed by atoms with Gasteiger partial charge in [0.2, 0.25) is 11.0 Å². The predicted octanol–water partition coefficient (Wildman–Crippen LogP) is 2.53. The third-order valence-electron chi connectivity index (χ3n) is 2.87. The van der Waals surface area contributed by atoms with Crippen molar-refractivity contribution in [3.05, 3.63) is 29.8 Å². The first-order chi connectivity index (χ1) is 11.6. The lowest BCUT2D eigenvalue weighted by Gasteiger charge is -2.05. The summed E-state index contributed by atoms with van der Waals surface area (Å²) < 4.78 is 5.65. The minimum atomic E-state index is -0.162. The standard InChI is InChI=1S/C15H18N4O3S2/c1-10(20)11-4-3-5-12(8-11)17-13(21)9-23-15-19-18-14(24-15)16-6-7-22-2/h3-5,8H,6-7,9H2,1-2H3,(H,16,18)(H,17,21). The molecular weight excluding hydrogens is 348 g/mol. The van der Waals surface area contributed by atoms with Gasteiger partial charge in [0.25, 0.3) is 0 Å². The van der Waals surface area contributed by atoms with Crippen LogP contribution in [0.5, 0.6) is 0 Å². The molecule has 2 aromatic rings. The number of ketones is 1. The number of anilines is 2. The third-order valence-corrected chi connectivity index (χ3v) is 4.88. The van der Waals surface area contributed by atoms with E-state index < -0.39 is 0 Å². The van der Waals surface area contributed by atoms with Crippen molar-refractivity contribution in [1.82, 2.24) is 10.2 Å². The van der Waals surface area contributed by atoms with Crippen LogP contribution < -0.4 is 10.6 Å². The van der Waals surface area contributed by atoms with Crippen LogP contribution in [0.15, 0.2) is 28.6 Å². The van der Waals surface area contributed by atoms with Gasteiger partial charge in [-0.15, -0.1) is 10.2 Å². The number of benzene rings is 1. The Bertz CT molecular complexity index is 706. The van der Waals surface area contributed by atoms with E-state index in [0.29, 0.717) is 33.9 Å². The van der Waals surface area contributed by atoms with E-state index in [2.05, 4.69) is 20.8 Å². The van der Waals surface area contributed by atoms with Gasteiger partial charge in [-0.3, -0.25) is 9.59 Å². The van der Waals surface area contributed by atoms with Crippen LogP contribution in [0.3, 0.4) is 0 Å². The molecule has 0 aliphatic carbocycles. The summed E-state index contributed by atoms with van der Waals surface area (Å²) in [6.07, 6.45) is 0. The molecule has 128 valence electrons. The molecule has 2 rings (SSSR count). The van der Waals surface area contributed by atoms with Gasteiger partial charge in [-0.1, -0.05) is 35.2 Å². The first-order valence-electron chi connectivity index (χ1n) is 7.18. The zero-order chi connectivity index (χ0) is 17.4. The van der Waals surface area contributed by atoms with Crippen molar-refractivity contribution in [2.24, 2.45) is 0 Å². The number of methoxy groups -OCH3 is 1. The third kappa shape index (κ3) is 5.91. The number of hydrogen-bond acceptors (Lipinski definition) is 8. The molecule has 1 aromatic carbocycles. The second kappa shape index (κ2) is 9.36. The summed E-state index contributed by atoms with van der Waals surface area (Å²) in [5.74, 6) is 0.0180. The molecule has 0 aliphatic rings. The monoisotopic (exact) mass is 366 g/mol. The highest BCUT2D eigenvalue weighted by atomic mass is 32.2. The summed E-state index contributed by atoms with van der Waals surface area (Å²) >= 11 is 2.70. The maximum Gasteiger partial charge on any atom is 0.234 e. The number of Topliss-reactive ketones (excluding diaryl/α,β-unsaturated/α-hetero) is 1. The molecule has 0 saturated heterocycles. The van der Waals surface area contributed by atoms with Gasteiger partial charge in [-0.25, -0.2) is 0 Å². The number of carbonyl (C=O) groups excluding carboxylic acids is 2. The lowest BCUT2D eigenvalue weighted by atomic mass is 10.1. The number of amides is 1. The highest BCUT2D eigenvalue weighted by molar-refractivity contribution is 8.01. The predicted molar refractivity (Wildman–Crippen MR) is 96.1 cm³/mol. The van der Waals surface area contributed by atoms with Crippen LogP contribution in [-0.4, -0.2) is 47.9 Å². The topological polar surface area (TPSA) is 93.2 Å². The van der Waals surface area contributed by atoms with Gasteiger partial charge in [0, 0.05) is 24.9 Å². The van der Waals surface area contributed by atoms with Crippen molar-refractivity contribution in [2.75, 3.05) is 36.6 Å². The molecule has 0 spiro atoms. The number of ether oxygens (including phenoxy) is 1. The molecule has 0 saturated carbocycles. The van der Waals surface area contributed by atoms with Crippen molar-refractivity contribution in [2.45, 2.75) is 11.3 Å². The first kappa shape index (κ1) is 18.4. The number of aromatic nitrogens is 2. The number of hydrogen-bond donors (Lipinski definition) is 2. The fourth-order valence-corrected chi connectivity index (χ4v) is 3.32. The average Bonchev–Trinajstić information content (AvgIpc) is 3.01.